The van der Waals surface area contributed by atoms with Gasteiger partial charge >= 0.3 is 0 Å². The highest BCUT2D eigenvalue weighted by Gasteiger charge is 2.37. The van der Waals surface area contributed by atoms with Crippen molar-refractivity contribution in [2.45, 2.75) is 19.3 Å². The Kier molecular flexibility index (Phi) is 2.67. The van der Waals surface area contributed by atoms with E-state index in [9.17, 15) is 0 Å². The van der Waals surface area contributed by atoms with E-state index in [4.69, 9.17) is 5.73 Å². The first-order valence-electron chi connectivity index (χ1n) is 7.69. The number of hydrogen-bond donors (Lipinski definition) is 1. The van der Waals surface area contributed by atoms with Crippen LogP contribution in [0, 0.1) is 0 Å². The van der Waals surface area contributed by atoms with E-state index in [1.165, 1.54) is 33.4 Å². The Hall–Kier alpha value is -2.54. The first kappa shape index (κ1) is 13.1. The molecule has 3 aromatic rings. The second-order valence-corrected chi connectivity index (χ2v) is 6.49. The third-order valence-electron chi connectivity index (χ3n) is 4.82. The molecule has 0 aliphatic heterocycles. The molecular weight excluding hydrogens is 266 g/mol. The molecule has 0 spiro atoms. The van der Waals surface area contributed by atoms with E-state index < -0.39 is 0 Å². The number of anilines is 1. The lowest BCUT2D eigenvalue weighted by atomic mass is 9.78. The minimum Gasteiger partial charge on any atom is -0.398 e. The maximum Gasteiger partial charge on any atom is 0.0397 e. The maximum absolute atomic E-state index is 6.38. The molecule has 0 heterocycles. The van der Waals surface area contributed by atoms with Crippen LogP contribution in [0.1, 0.15) is 25.0 Å². The van der Waals surface area contributed by atoms with E-state index >= 15 is 0 Å². The Labute approximate surface area is 131 Å². The molecule has 0 bridgehead atoms. The summed E-state index contributed by atoms with van der Waals surface area (Å²) in [4.78, 5) is 0. The summed E-state index contributed by atoms with van der Waals surface area (Å²) in [5.41, 5.74) is 14.9. The first-order valence-corrected chi connectivity index (χ1v) is 7.69. The summed E-state index contributed by atoms with van der Waals surface area (Å²) in [5.74, 6) is 0. The predicted octanol–water partition coefficient (Wildman–Crippen LogP) is 5.24. The molecule has 1 aliphatic rings. The van der Waals surface area contributed by atoms with E-state index in [0.29, 0.717) is 0 Å². The van der Waals surface area contributed by atoms with Gasteiger partial charge in [0.2, 0.25) is 0 Å². The van der Waals surface area contributed by atoms with Gasteiger partial charge in [-0.1, -0.05) is 74.5 Å². The van der Waals surface area contributed by atoms with Crippen molar-refractivity contribution in [1.82, 2.24) is 0 Å². The van der Waals surface area contributed by atoms with Crippen molar-refractivity contribution >= 4 is 5.69 Å². The van der Waals surface area contributed by atoms with Crippen LogP contribution < -0.4 is 5.73 Å². The second kappa shape index (κ2) is 4.48. The molecule has 4 rings (SSSR count). The highest BCUT2D eigenvalue weighted by Crippen LogP contribution is 2.53. The zero-order chi connectivity index (χ0) is 15.3. The van der Waals surface area contributed by atoms with Gasteiger partial charge in [-0.15, -0.1) is 0 Å². The van der Waals surface area contributed by atoms with Crippen LogP contribution in [-0.2, 0) is 5.41 Å². The van der Waals surface area contributed by atoms with Crippen molar-refractivity contribution in [2.24, 2.45) is 0 Å². The van der Waals surface area contributed by atoms with Crippen LogP contribution in [0.2, 0.25) is 0 Å². The van der Waals surface area contributed by atoms with Crippen LogP contribution in [-0.4, -0.2) is 0 Å². The SMILES string of the molecule is CC1(C)c2ccccc2-c2ccc(N)c(-c3ccccc3)c21. The number of benzene rings is 3. The molecule has 108 valence electrons. The minimum absolute atomic E-state index is 0.0352. The van der Waals surface area contributed by atoms with Gasteiger partial charge in [-0.05, 0) is 33.9 Å². The van der Waals surface area contributed by atoms with Crippen LogP contribution in [0.25, 0.3) is 22.3 Å². The first-order chi connectivity index (χ1) is 10.6. The predicted molar refractivity (Wildman–Crippen MR) is 93.9 cm³/mol. The smallest absolute Gasteiger partial charge is 0.0397 e. The van der Waals surface area contributed by atoms with Crippen LogP contribution in [0.4, 0.5) is 5.69 Å². The number of rotatable bonds is 1. The van der Waals surface area contributed by atoms with Gasteiger partial charge in [0.05, 0.1) is 0 Å². The van der Waals surface area contributed by atoms with Gasteiger partial charge in [-0.25, -0.2) is 0 Å². The van der Waals surface area contributed by atoms with Crippen LogP contribution in [0.15, 0.2) is 66.7 Å². The summed E-state index contributed by atoms with van der Waals surface area (Å²) < 4.78 is 0. The Bertz CT molecular complexity index is 860. The zero-order valence-corrected chi connectivity index (χ0v) is 12.9. The zero-order valence-electron chi connectivity index (χ0n) is 12.9. The van der Waals surface area contributed by atoms with E-state index in [1.54, 1.807) is 0 Å². The topological polar surface area (TPSA) is 26.0 Å². The quantitative estimate of drug-likeness (QED) is 0.608. The third-order valence-corrected chi connectivity index (χ3v) is 4.82. The van der Waals surface area contributed by atoms with Crippen molar-refractivity contribution < 1.29 is 0 Å². The van der Waals surface area contributed by atoms with Crippen molar-refractivity contribution in [3.05, 3.63) is 77.9 Å². The van der Waals surface area contributed by atoms with Crippen LogP contribution >= 0.6 is 0 Å². The lowest BCUT2D eigenvalue weighted by Crippen LogP contribution is -2.17. The minimum atomic E-state index is -0.0352. The molecule has 1 nitrogen and oxygen atoms in total. The molecule has 2 N–H and O–H groups in total. The fraction of sp³-hybridized carbons (Fsp3) is 0.143. The van der Waals surface area contributed by atoms with Gasteiger partial charge in [0.25, 0.3) is 0 Å². The Balaban J connectivity index is 2.10. The number of nitrogens with two attached hydrogens (primary N) is 1. The summed E-state index contributed by atoms with van der Waals surface area (Å²) in [6.07, 6.45) is 0. The average molecular weight is 285 g/mol. The van der Waals surface area contributed by atoms with Crippen molar-refractivity contribution in [2.75, 3.05) is 5.73 Å². The number of hydrogen-bond acceptors (Lipinski definition) is 1. The second-order valence-electron chi connectivity index (χ2n) is 6.49. The van der Waals surface area contributed by atoms with Gasteiger partial charge in [0.1, 0.15) is 0 Å². The van der Waals surface area contributed by atoms with E-state index in [1.807, 2.05) is 12.1 Å². The van der Waals surface area contributed by atoms with Gasteiger partial charge in [0, 0.05) is 16.7 Å². The normalized spacial score (nSPS) is 14.5. The lowest BCUT2D eigenvalue weighted by molar-refractivity contribution is 0.662. The average Bonchev–Trinajstić information content (AvgIpc) is 2.77. The number of fused-ring (bicyclic) bond motifs is 3. The summed E-state index contributed by atoms with van der Waals surface area (Å²) in [6, 6.07) is 23.4. The van der Waals surface area contributed by atoms with Gasteiger partial charge in [-0.3, -0.25) is 0 Å². The fourth-order valence-electron chi connectivity index (χ4n) is 3.81. The Morgan fingerprint density at radius 3 is 2.18 bits per heavy atom. The summed E-state index contributed by atoms with van der Waals surface area (Å²) in [6.45, 7) is 4.59. The van der Waals surface area contributed by atoms with Crippen LogP contribution in [0.5, 0.6) is 0 Å². The summed E-state index contributed by atoms with van der Waals surface area (Å²) in [7, 11) is 0. The standard InChI is InChI=1S/C21H19N/c1-21(2)17-11-7-6-10-15(17)16-12-13-18(22)19(20(16)21)14-8-4-3-5-9-14/h3-13H,22H2,1-2H3. The molecule has 1 heteroatoms. The number of nitrogen functional groups attached to an aromatic ring is 1. The largest absolute Gasteiger partial charge is 0.398 e. The summed E-state index contributed by atoms with van der Waals surface area (Å²) in [5, 5.41) is 0. The molecule has 0 amide bonds. The highest BCUT2D eigenvalue weighted by molar-refractivity contribution is 5.93. The molecule has 0 aromatic heterocycles. The summed E-state index contributed by atoms with van der Waals surface area (Å²) >= 11 is 0. The molecule has 0 saturated heterocycles. The third kappa shape index (κ3) is 1.66. The molecular formula is C21H19N. The van der Waals surface area contributed by atoms with Crippen LogP contribution in [0.3, 0.4) is 0 Å². The lowest BCUT2D eigenvalue weighted by Gasteiger charge is -2.25. The molecule has 0 atom stereocenters. The molecule has 0 radical (unpaired) electrons. The van der Waals surface area contributed by atoms with Crippen molar-refractivity contribution in [3.8, 4) is 22.3 Å². The van der Waals surface area contributed by atoms with Gasteiger partial charge in [-0.2, -0.15) is 0 Å². The van der Waals surface area contributed by atoms with Gasteiger partial charge in [0.15, 0.2) is 0 Å². The van der Waals surface area contributed by atoms with Gasteiger partial charge < -0.3 is 5.73 Å². The molecule has 1 aliphatic carbocycles. The molecule has 0 unspecified atom stereocenters. The van der Waals surface area contributed by atoms with Crippen molar-refractivity contribution in [1.29, 1.82) is 0 Å². The van der Waals surface area contributed by atoms with E-state index in [-0.39, 0.29) is 5.41 Å². The monoisotopic (exact) mass is 285 g/mol. The highest BCUT2D eigenvalue weighted by atomic mass is 14.6. The van der Waals surface area contributed by atoms with Crippen molar-refractivity contribution in [3.63, 3.8) is 0 Å². The molecule has 0 fully saturated rings. The van der Waals surface area contributed by atoms with E-state index in [0.717, 1.165) is 5.69 Å². The fourth-order valence-corrected chi connectivity index (χ4v) is 3.81. The maximum atomic E-state index is 6.38. The van der Waals surface area contributed by atoms with E-state index in [2.05, 4.69) is 68.4 Å². The Morgan fingerprint density at radius 1 is 0.727 bits per heavy atom. The molecule has 0 saturated carbocycles. The molecule has 22 heavy (non-hydrogen) atoms. The Morgan fingerprint density at radius 2 is 1.41 bits per heavy atom. The molecule has 3 aromatic carbocycles.